The number of benzene rings is 4. The first kappa shape index (κ1) is 49.0. The van der Waals surface area contributed by atoms with E-state index in [9.17, 15) is 4.79 Å². The van der Waals surface area contributed by atoms with Gasteiger partial charge in [0.1, 0.15) is 34.9 Å². The Morgan fingerprint density at radius 1 is 0.421 bits per heavy atom. The Balaban J connectivity index is 1.04. The van der Waals surface area contributed by atoms with E-state index in [2.05, 4.69) is 30.2 Å². The summed E-state index contributed by atoms with van der Waals surface area (Å²) in [5, 5.41) is 3.02. The van der Waals surface area contributed by atoms with Crippen LogP contribution in [0.4, 0.5) is 32.0 Å². The Bertz CT molecular complexity index is 3760. The minimum absolute atomic E-state index is 0.00645. The van der Waals surface area contributed by atoms with Gasteiger partial charge in [-0.25, -0.2) is 36.3 Å². The van der Waals surface area contributed by atoms with Crippen LogP contribution in [0.3, 0.4) is 0 Å². The molecule has 9 aromatic rings. The van der Waals surface area contributed by atoms with Crippen LogP contribution in [-0.4, -0.2) is 60.3 Å². The molecular weight excluding hydrogens is 975 g/mol. The molecule has 0 fully saturated rings. The summed E-state index contributed by atoms with van der Waals surface area (Å²) in [5.74, 6) is -5.63. The molecular formula is C61H44F6N8O. The predicted octanol–water partition coefficient (Wildman–Crippen LogP) is 14.1. The van der Waals surface area contributed by atoms with E-state index in [-0.39, 0.29) is 62.7 Å². The van der Waals surface area contributed by atoms with Gasteiger partial charge in [-0.15, -0.1) is 0 Å². The number of nitrogens with one attached hydrogen (secondary N) is 3. The summed E-state index contributed by atoms with van der Waals surface area (Å²) >= 11 is 0. The highest BCUT2D eigenvalue weighted by Gasteiger charge is 2.25. The van der Waals surface area contributed by atoms with Gasteiger partial charge in [0.25, 0.3) is 0 Å². The van der Waals surface area contributed by atoms with Crippen molar-refractivity contribution in [3.8, 4) is 44.5 Å². The Morgan fingerprint density at radius 2 is 0.803 bits per heavy atom. The van der Waals surface area contributed by atoms with Crippen LogP contribution in [0.2, 0.25) is 0 Å². The van der Waals surface area contributed by atoms with Crippen LogP contribution in [0.1, 0.15) is 40.6 Å². The number of anilines is 1. The first-order valence-electron chi connectivity index (χ1n) is 24.5. The zero-order valence-electron chi connectivity index (χ0n) is 40.4. The van der Waals surface area contributed by atoms with E-state index < -0.39 is 51.6 Å². The van der Waals surface area contributed by atoms with E-state index in [0.29, 0.717) is 60.5 Å². The zero-order valence-corrected chi connectivity index (χ0v) is 40.4. The number of rotatable bonds is 14. The molecule has 0 spiro atoms. The molecule has 0 aliphatic carbocycles. The Labute approximate surface area is 432 Å². The van der Waals surface area contributed by atoms with Gasteiger partial charge in [0, 0.05) is 113 Å². The topological polar surface area (TPSA) is 115 Å². The maximum Gasteiger partial charge on any atom is 0.225 e. The van der Waals surface area contributed by atoms with Crippen LogP contribution in [0, 0.1) is 34.9 Å². The second kappa shape index (κ2) is 21.3. The number of pyridine rings is 2. The maximum absolute atomic E-state index is 16.1. The summed E-state index contributed by atoms with van der Waals surface area (Å²) in [5.41, 5.74) is 3.58. The summed E-state index contributed by atoms with van der Waals surface area (Å²) < 4.78 is 96.1. The molecule has 2 aliphatic rings. The molecule has 15 heteroatoms. The van der Waals surface area contributed by atoms with Gasteiger partial charge in [0.2, 0.25) is 5.91 Å². The van der Waals surface area contributed by atoms with Crippen LogP contribution in [0.15, 0.2) is 152 Å². The summed E-state index contributed by atoms with van der Waals surface area (Å²) in [7, 11) is 0. The normalized spacial score (nSPS) is 11.9. The molecule has 2 aliphatic heterocycles. The number of hydrogen-bond acceptors (Lipinski definition) is 6. The SMILES string of the molecule is O=C(CCN(CCc1ccccn1)CCc1ccccn1)Nc1ccc(-c2c3nc(c(-c4c(F)cccc4F)c4ccc([nH]4)c(-c4c(F)cccc4F)c4nc(c(-c5c(F)cccc5F)c5ccc2[nH]5)C=C4)C=C3)cc1. The van der Waals surface area contributed by atoms with Crippen LogP contribution >= 0.6 is 0 Å². The minimum atomic E-state index is -0.934. The van der Waals surface area contributed by atoms with Gasteiger partial charge < -0.3 is 20.2 Å². The molecule has 11 rings (SSSR count). The van der Waals surface area contributed by atoms with Gasteiger partial charge >= 0.3 is 0 Å². The molecule has 0 atom stereocenters. The van der Waals surface area contributed by atoms with Crippen LogP contribution in [-0.2, 0) is 17.6 Å². The van der Waals surface area contributed by atoms with Crippen molar-refractivity contribution in [3.05, 3.63) is 221 Å². The molecule has 376 valence electrons. The zero-order chi connectivity index (χ0) is 52.3. The first-order valence-corrected chi connectivity index (χ1v) is 24.5. The first-order chi connectivity index (χ1) is 37.1. The second-order valence-corrected chi connectivity index (χ2v) is 18.2. The lowest BCUT2D eigenvalue weighted by atomic mass is 10.0. The van der Waals surface area contributed by atoms with E-state index in [4.69, 9.17) is 9.97 Å². The van der Waals surface area contributed by atoms with Crippen molar-refractivity contribution in [1.29, 1.82) is 0 Å². The largest absolute Gasteiger partial charge is 0.354 e. The second-order valence-electron chi connectivity index (χ2n) is 18.2. The number of carbonyl (C=O) groups excluding carboxylic acids is 1. The molecule has 4 aromatic carbocycles. The molecule has 3 N–H and O–H groups in total. The third-order valence-corrected chi connectivity index (χ3v) is 13.3. The highest BCUT2D eigenvalue weighted by molar-refractivity contribution is 6.00. The highest BCUT2D eigenvalue weighted by Crippen LogP contribution is 2.41. The number of carbonyl (C=O) groups is 1. The van der Waals surface area contributed by atoms with Crippen molar-refractivity contribution in [1.82, 2.24) is 34.8 Å². The minimum Gasteiger partial charge on any atom is -0.354 e. The lowest BCUT2D eigenvalue weighted by Gasteiger charge is -2.22. The van der Waals surface area contributed by atoms with E-state index in [0.717, 1.165) is 47.8 Å². The van der Waals surface area contributed by atoms with Crippen molar-refractivity contribution >= 4 is 58.0 Å². The Hall–Kier alpha value is -9.21. The summed E-state index contributed by atoms with van der Waals surface area (Å²) in [4.78, 5) is 41.1. The summed E-state index contributed by atoms with van der Waals surface area (Å²) in [6.07, 6.45) is 11.4. The van der Waals surface area contributed by atoms with Crippen molar-refractivity contribution < 1.29 is 31.1 Å². The van der Waals surface area contributed by atoms with Crippen molar-refractivity contribution in [3.63, 3.8) is 0 Å². The number of halogens is 6. The highest BCUT2D eigenvalue weighted by atomic mass is 19.2. The van der Waals surface area contributed by atoms with Gasteiger partial charge in [0.15, 0.2) is 0 Å². The van der Waals surface area contributed by atoms with Gasteiger partial charge in [-0.3, -0.25) is 14.8 Å². The van der Waals surface area contributed by atoms with Crippen molar-refractivity contribution in [2.24, 2.45) is 0 Å². The van der Waals surface area contributed by atoms with Gasteiger partial charge in [0.05, 0.1) is 39.5 Å². The number of fused-ring (bicyclic) bond motifs is 8. The number of aromatic nitrogens is 6. The fourth-order valence-corrected chi connectivity index (χ4v) is 9.68. The monoisotopic (exact) mass is 1020 g/mol. The van der Waals surface area contributed by atoms with Crippen LogP contribution < -0.4 is 5.32 Å². The molecule has 0 radical (unpaired) electrons. The molecule has 9 nitrogen and oxygen atoms in total. The average molecular weight is 1020 g/mol. The number of aromatic amines is 2. The number of amides is 1. The van der Waals surface area contributed by atoms with Gasteiger partial charge in [-0.2, -0.15) is 0 Å². The summed E-state index contributed by atoms with van der Waals surface area (Å²) in [6, 6.07) is 35.4. The lowest BCUT2D eigenvalue weighted by Crippen LogP contribution is -2.32. The Morgan fingerprint density at radius 3 is 1.18 bits per heavy atom. The van der Waals surface area contributed by atoms with Crippen molar-refractivity contribution in [2.75, 3.05) is 25.0 Å². The van der Waals surface area contributed by atoms with Gasteiger partial charge in [-0.1, -0.05) is 42.5 Å². The number of H-pyrrole nitrogens is 2. The van der Waals surface area contributed by atoms with Gasteiger partial charge in [-0.05, 0) is 127 Å². The van der Waals surface area contributed by atoms with E-state index >= 15 is 26.3 Å². The molecule has 0 unspecified atom stereocenters. The number of hydrogen-bond donors (Lipinski definition) is 3. The molecule has 5 aromatic heterocycles. The lowest BCUT2D eigenvalue weighted by molar-refractivity contribution is -0.116. The van der Waals surface area contributed by atoms with Crippen molar-refractivity contribution in [2.45, 2.75) is 19.3 Å². The van der Waals surface area contributed by atoms with Crippen LogP contribution in [0.25, 0.3) is 90.9 Å². The van der Waals surface area contributed by atoms with E-state index in [1.165, 1.54) is 42.5 Å². The Kier molecular flexibility index (Phi) is 13.8. The third kappa shape index (κ3) is 10.1. The maximum atomic E-state index is 16.1. The molecule has 7 heterocycles. The quantitative estimate of drug-likeness (QED) is 0.0935. The molecule has 0 saturated heterocycles. The predicted molar refractivity (Wildman–Crippen MR) is 286 cm³/mol. The fraction of sp³-hybridized carbons (Fsp3) is 0.0984. The van der Waals surface area contributed by atoms with E-state index in [1.807, 2.05) is 36.4 Å². The fourth-order valence-electron chi connectivity index (χ4n) is 9.68. The smallest absolute Gasteiger partial charge is 0.225 e. The third-order valence-electron chi connectivity index (χ3n) is 13.3. The van der Waals surface area contributed by atoms with E-state index in [1.54, 1.807) is 60.9 Å². The number of nitrogens with zero attached hydrogens (tertiary/aromatic N) is 5. The molecule has 76 heavy (non-hydrogen) atoms. The summed E-state index contributed by atoms with van der Waals surface area (Å²) in [6.45, 7) is 1.87. The molecule has 0 saturated carbocycles. The average Bonchev–Trinajstić information content (AvgIpc) is 4.34. The van der Waals surface area contributed by atoms with Crippen LogP contribution in [0.5, 0.6) is 0 Å². The molecule has 8 bridgehead atoms. The molecule has 1 amide bonds. The standard InChI is InChI=1S/C61H44F6N8O/c62-40-10-5-11-41(63)56(40)59-48-22-20-46(71-48)55(36-16-18-39(19-17-36)70-54(76)30-35-75(33-28-37-8-1-3-31-68-37)34-29-38-9-2-4-32-69-38)47-21-23-49(72-47)60(57-42(64)12-6-13-43(57)65)51-25-27-53(74-51)61(52-26-24-50(59)73-52)58-44(66)14-7-15-45(58)67/h1-27,31-32,71,74H,28-30,33-35H2,(H,70,76).